The summed E-state index contributed by atoms with van der Waals surface area (Å²) in [7, 11) is 0. The number of carbonyl (C=O) groups excluding carboxylic acids is 1. The first kappa shape index (κ1) is 18.6. The molecular formula is C22H28N4O2. The molecular weight excluding hydrogens is 352 g/mol. The molecule has 0 spiro atoms. The van der Waals surface area contributed by atoms with Gasteiger partial charge in [-0.15, -0.1) is 0 Å². The van der Waals surface area contributed by atoms with Crippen molar-refractivity contribution < 1.29 is 9.53 Å². The first-order chi connectivity index (χ1) is 13.7. The van der Waals surface area contributed by atoms with E-state index in [1.54, 1.807) is 0 Å². The Labute approximate surface area is 166 Å². The van der Waals surface area contributed by atoms with E-state index in [0.717, 1.165) is 43.2 Å². The van der Waals surface area contributed by atoms with E-state index in [2.05, 4.69) is 28.2 Å². The Kier molecular flexibility index (Phi) is 5.65. The van der Waals surface area contributed by atoms with E-state index in [9.17, 15) is 4.79 Å². The van der Waals surface area contributed by atoms with Gasteiger partial charge in [-0.1, -0.05) is 12.1 Å². The summed E-state index contributed by atoms with van der Waals surface area (Å²) in [6, 6.07) is 11.7. The fourth-order valence-corrected chi connectivity index (χ4v) is 3.98. The van der Waals surface area contributed by atoms with Crippen molar-refractivity contribution in [2.75, 3.05) is 36.4 Å². The second-order valence-corrected chi connectivity index (χ2v) is 7.60. The first-order valence-electron chi connectivity index (χ1n) is 10.2. The lowest BCUT2D eigenvalue weighted by Crippen LogP contribution is -2.50. The number of pyridine rings is 1. The molecule has 28 heavy (non-hydrogen) atoms. The van der Waals surface area contributed by atoms with Crippen molar-refractivity contribution in [3.05, 3.63) is 48.2 Å². The molecule has 2 heterocycles. The van der Waals surface area contributed by atoms with Crippen LogP contribution in [0.5, 0.6) is 5.75 Å². The van der Waals surface area contributed by atoms with Gasteiger partial charge in [-0.3, -0.25) is 0 Å². The average molecular weight is 380 g/mol. The number of aromatic nitrogens is 1. The Balaban J connectivity index is 1.31. The zero-order chi connectivity index (χ0) is 19.3. The topological polar surface area (TPSA) is 57.7 Å². The molecule has 4 rings (SSSR count). The van der Waals surface area contributed by atoms with Gasteiger partial charge < -0.3 is 19.9 Å². The molecule has 1 saturated carbocycles. The van der Waals surface area contributed by atoms with Crippen molar-refractivity contribution in [1.29, 1.82) is 0 Å². The van der Waals surface area contributed by atoms with Gasteiger partial charge in [0, 0.05) is 44.1 Å². The van der Waals surface area contributed by atoms with Gasteiger partial charge in [0.1, 0.15) is 11.6 Å². The summed E-state index contributed by atoms with van der Waals surface area (Å²) in [6.07, 6.45) is 6.86. The van der Waals surface area contributed by atoms with Crippen LogP contribution in [-0.4, -0.2) is 48.2 Å². The fourth-order valence-electron chi connectivity index (χ4n) is 3.98. The van der Waals surface area contributed by atoms with Crippen LogP contribution in [-0.2, 0) is 0 Å². The van der Waals surface area contributed by atoms with Crippen molar-refractivity contribution >= 4 is 17.5 Å². The summed E-state index contributed by atoms with van der Waals surface area (Å²) in [5.41, 5.74) is 1.95. The number of aryl methyl sites for hydroxylation is 1. The Morgan fingerprint density at radius 2 is 1.89 bits per heavy atom. The van der Waals surface area contributed by atoms with Crippen molar-refractivity contribution in [3.8, 4) is 5.75 Å². The van der Waals surface area contributed by atoms with Gasteiger partial charge in [0.25, 0.3) is 0 Å². The molecule has 2 aromatic rings. The third-order valence-corrected chi connectivity index (χ3v) is 5.54. The summed E-state index contributed by atoms with van der Waals surface area (Å²) in [6.45, 7) is 5.01. The quantitative estimate of drug-likeness (QED) is 0.869. The molecule has 0 radical (unpaired) electrons. The van der Waals surface area contributed by atoms with Crippen molar-refractivity contribution in [1.82, 2.24) is 9.88 Å². The van der Waals surface area contributed by atoms with Crippen LogP contribution in [0.4, 0.5) is 16.3 Å². The zero-order valence-corrected chi connectivity index (χ0v) is 16.4. The van der Waals surface area contributed by atoms with E-state index in [1.165, 1.54) is 18.4 Å². The molecule has 6 heteroatoms. The minimum Gasteiger partial charge on any atom is -0.490 e. The summed E-state index contributed by atoms with van der Waals surface area (Å²) in [4.78, 5) is 21.3. The number of nitrogens with one attached hydrogen (secondary N) is 1. The van der Waals surface area contributed by atoms with E-state index in [1.807, 2.05) is 41.4 Å². The van der Waals surface area contributed by atoms with Crippen LogP contribution >= 0.6 is 0 Å². The average Bonchev–Trinajstić information content (AvgIpc) is 3.22. The van der Waals surface area contributed by atoms with E-state index >= 15 is 0 Å². The molecule has 1 aromatic heterocycles. The summed E-state index contributed by atoms with van der Waals surface area (Å²) in [5.74, 6) is 1.85. The number of rotatable bonds is 4. The number of carbonyl (C=O) groups is 1. The number of piperazine rings is 1. The molecule has 148 valence electrons. The standard InChI is InChI=1S/C22H28N4O2/c1-17-6-5-11-23-21(17)25-12-14-26(15-13-25)22(27)24-18-7-4-10-20(16-18)28-19-8-2-3-9-19/h4-7,10-11,16,19H,2-3,8-9,12-15H2,1H3,(H,24,27). The predicted octanol–water partition coefficient (Wildman–Crippen LogP) is 4.07. The van der Waals surface area contributed by atoms with E-state index in [-0.39, 0.29) is 6.03 Å². The molecule has 2 amide bonds. The maximum absolute atomic E-state index is 12.7. The highest BCUT2D eigenvalue weighted by Crippen LogP contribution is 2.26. The van der Waals surface area contributed by atoms with E-state index < -0.39 is 0 Å². The predicted molar refractivity (Wildman–Crippen MR) is 111 cm³/mol. The van der Waals surface area contributed by atoms with Crippen LogP contribution in [0.3, 0.4) is 0 Å². The van der Waals surface area contributed by atoms with E-state index in [0.29, 0.717) is 19.2 Å². The number of benzene rings is 1. The Morgan fingerprint density at radius 1 is 1.11 bits per heavy atom. The van der Waals surface area contributed by atoms with E-state index in [4.69, 9.17) is 4.74 Å². The molecule has 6 nitrogen and oxygen atoms in total. The number of anilines is 2. The second-order valence-electron chi connectivity index (χ2n) is 7.60. The van der Waals surface area contributed by atoms with Crippen LogP contribution in [0.1, 0.15) is 31.2 Å². The largest absolute Gasteiger partial charge is 0.490 e. The van der Waals surface area contributed by atoms with Crippen molar-refractivity contribution in [2.45, 2.75) is 38.7 Å². The third kappa shape index (κ3) is 4.38. The molecule has 1 aromatic carbocycles. The number of amides is 2. The fraction of sp³-hybridized carbons (Fsp3) is 0.455. The van der Waals surface area contributed by atoms with Gasteiger partial charge in [0.2, 0.25) is 0 Å². The lowest BCUT2D eigenvalue weighted by molar-refractivity contribution is 0.207. The minimum absolute atomic E-state index is 0.0598. The normalized spacial score (nSPS) is 17.6. The van der Waals surface area contributed by atoms with Gasteiger partial charge in [-0.25, -0.2) is 9.78 Å². The van der Waals surface area contributed by atoms with Gasteiger partial charge >= 0.3 is 6.03 Å². The Hall–Kier alpha value is -2.76. The number of urea groups is 1. The Morgan fingerprint density at radius 3 is 2.64 bits per heavy atom. The maximum Gasteiger partial charge on any atom is 0.321 e. The zero-order valence-electron chi connectivity index (χ0n) is 16.4. The number of hydrogen-bond donors (Lipinski definition) is 1. The third-order valence-electron chi connectivity index (χ3n) is 5.54. The number of ether oxygens (including phenoxy) is 1. The van der Waals surface area contributed by atoms with Crippen LogP contribution in [0.15, 0.2) is 42.6 Å². The number of nitrogens with zero attached hydrogens (tertiary/aromatic N) is 3. The maximum atomic E-state index is 12.7. The lowest BCUT2D eigenvalue weighted by Gasteiger charge is -2.36. The van der Waals surface area contributed by atoms with Gasteiger partial charge in [-0.05, 0) is 56.4 Å². The minimum atomic E-state index is -0.0598. The highest BCUT2D eigenvalue weighted by atomic mass is 16.5. The van der Waals surface area contributed by atoms with Crippen LogP contribution in [0.25, 0.3) is 0 Å². The molecule has 1 N–H and O–H groups in total. The van der Waals surface area contributed by atoms with Gasteiger partial charge in [0.05, 0.1) is 6.10 Å². The van der Waals surface area contributed by atoms with Crippen LogP contribution < -0.4 is 15.0 Å². The summed E-state index contributed by atoms with van der Waals surface area (Å²) < 4.78 is 6.04. The Bertz CT molecular complexity index is 812. The lowest BCUT2D eigenvalue weighted by atomic mass is 10.2. The molecule has 1 aliphatic carbocycles. The molecule has 0 atom stereocenters. The highest BCUT2D eigenvalue weighted by Gasteiger charge is 2.23. The van der Waals surface area contributed by atoms with Crippen LogP contribution in [0.2, 0.25) is 0 Å². The second kappa shape index (κ2) is 8.50. The molecule has 0 unspecified atom stereocenters. The molecule has 2 fully saturated rings. The van der Waals surface area contributed by atoms with Gasteiger partial charge in [0.15, 0.2) is 0 Å². The molecule has 0 bridgehead atoms. The molecule has 2 aliphatic rings. The first-order valence-corrected chi connectivity index (χ1v) is 10.2. The summed E-state index contributed by atoms with van der Waals surface area (Å²) in [5, 5.41) is 3.02. The summed E-state index contributed by atoms with van der Waals surface area (Å²) >= 11 is 0. The van der Waals surface area contributed by atoms with Crippen LogP contribution in [0, 0.1) is 6.92 Å². The van der Waals surface area contributed by atoms with Gasteiger partial charge in [-0.2, -0.15) is 0 Å². The monoisotopic (exact) mass is 380 g/mol. The number of hydrogen-bond acceptors (Lipinski definition) is 4. The SMILES string of the molecule is Cc1cccnc1N1CCN(C(=O)Nc2cccc(OC3CCCC3)c2)CC1. The smallest absolute Gasteiger partial charge is 0.321 e. The van der Waals surface area contributed by atoms with Crippen molar-refractivity contribution in [2.24, 2.45) is 0 Å². The molecule has 1 saturated heterocycles. The molecule has 1 aliphatic heterocycles. The highest BCUT2D eigenvalue weighted by molar-refractivity contribution is 5.89. The van der Waals surface area contributed by atoms with Crippen molar-refractivity contribution in [3.63, 3.8) is 0 Å².